The topological polar surface area (TPSA) is 48.1 Å². The molecule has 0 bridgehead atoms. The maximum Gasteiger partial charge on any atom is 0.205 e. The third kappa shape index (κ3) is 5.85. The third-order valence-electron chi connectivity index (χ3n) is 4.13. The van der Waals surface area contributed by atoms with Crippen molar-refractivity contribution in [2.24, 2.45) is 10.1 Å². The molecule has 1 aromatic carbocycles. The number of aromatic nitrogens is 1. The number of ether oxygens (including phenoxy) is 1. The second-order valence-electron chi connectivity index (χ2n) is 7.61. The van der Waals surface area contributed by atoms with Crippen LogP contribution in [0.5, 0.6) is 5.75 Å². The first-order valence-corrected chi connectivity index (χ1v) is 10.7. The van der Waals surface area contributed by atoms with E-state index in [9.17, 15) is 0 Å². The van der Waals surface area contributed by atoms with E-state index in [0.717, 1.165) is 24.2 Å². The molecule has 2 aromatic rings. The summed E-state index contributed by atoms with van der Waals surface area (Å²) in [6, 6.07) is 5.40. The zero-order valence-corrected chi connectivity index (χ0v) is 19.4. The molecule has 5 nitrogen and oxygen atoms in total. The number of hydrogen-bond donors (Lipinski definition) is 0. The summed E-state index contributed by atoms with van der Waals surface area (Å²) in [4.78, 5) is 12.7. The van der Waals surface area contributed by atoms with Crippen LogP contribution in [0.25, 0.3) is 0 Å². The summed E-state index contributed by atoms with van der Waals surface area (Å²) < 4.78 is 7.76. The summed E-state index contributed by atoms with van der Waals surface area (Å²) in [5, 5.41) is 4.96. The minimum Gasteiger partial charge on any atom is -0.496 e. The second kappa shape index (κ2) is 9.61. The molecule has 0 unspecified atom stereocenters. The molecular weight excluding hydrogens is 394 g/mol. The maximum atomic E-state index is 6.24. The van der Waals surface area contributed by atoms with E-state index in [-0.39, 0.29) is 0 Å². The molecule has 0 saturated carbocycles. The van der Waals surface area contributed by atoms with Crippen molar-refractivity contribution in [1.29, 1.82) is 0 Å². The molecular formula is C21H30ClN3O2S. The predicted molar refractivity (Wildman–Crippen MR) is 118 cm³/mol. The van der Waals surface area contributed by atoms with Crippen molar-refractivity contribution in [2.75, 3.05) is 7.11 Å². The first-order chi connectivity index (χ1) is 13.2. The van der Waals surface area contributed by atoms with Gasteiger partial charge >= 0.3 is 0 Å². The minimum absolute atomic E-state index is 0.438. The molecule has 2 rings (SSSR count). The Morgan fingerprint density at radius 1 is 1.25 bits per heavy atom. The summed E-state index contributed by atoms with van der Waals surface area (Å²) >= 11 is 7.90. The standard InChI is InChI=1S/C21H30ClN3O2S/c1-8-9-12-25-14(2)15(3)28-20(25)23-19(24-27-21(4,5)6)17-13-16(22)10-11-18(17)26-7/h10-11,13H,8-9,12H2,1-7H3/b23-20-,24-19?. The van der Waals surface area contributed by atoms with Gasteiger partial charge < -0.3 is 14.1 Å². The van der Waals surface area contributed by atoms with E-state index in [1.807, 2.05) is 26.8 Å². The average molecular weight is 424 g/mol. The highest BCUT2D eigenvalue weighted by molar-refractivity contribution is 7.09. The number of aryl methyl sites for hydroxylation is 1. The molecule has 154 valence electrons. The van der Waals surface area contributed by atoms with Crippen molar-refractivity contribution in [3.63, 3.8) is 0 Å². The van der Waals surface area contributed by atoms with Gasteiger partial charge in [0.1, 0.15) is 11.4 Å². The molecule has 28 heavy (non-hydrogen) atoms. The third-order valence-corrected chi connectivity index (χ3v) is 5.47. The molecule has 0 aliphatic carbocycles. The number of thiazole rings is 1. The number of halogens is 1. The number of unbranched alkanes of at least 4 members (excludes halogenated alkanes) is 1. The van der Waals surface area contributed by atoms with Crippen molar-refractivity contribution in [3.05, 3.63) is 44.2 Å². The molecule has 0 amide bonds. The van der Waals surface area contributed by atoms with Gasteiger partial charge in [-0.3, -0.25) is 0 Å². The molecule has 0 spiro atoms. The Balaban J connectivity index is 2.67. The number of benzene rings is 1. The number of hydrogen-bond acceptors (Lipinski definition) is 4. The van der Waals surface area contributed by atoms with E-state index in [2.05, 4.69) is 30.5 Å². The van der Waals surface area contributed by atoms with Gasteiger partial charge in [-0.25, -0.2) is 0 Å². The Kier molecular flexibility index (Phi) is 7.72. The van der Waals surface area contributed by atoms with Crippen LogP contribution >= 0.6 is 22.9 Å². The number of oxime groups is 1. The summed E-state index contributed by atoms with van der Waals surface area (Å²) in [7, 11) is 1.62. The molecule has 7 heteroatoms. The van der Waals surface area contributed by atoms with Crippen LogP contribution in [-0.2, 0) is 11.4 Å². The number of rotatable bonds is 6. The normalized spacial score (nSPS) is 13.1. The first-order valence-electron chi connectivity index (χ1n) is 9.48. The fourth-order valence-corrected chi connectivity index (χ4v) is 3.69. The van der Waals surface area contributed by atoms with Gasteiger partial charge in [-0.15, -0.1) is 11.3 Å². The predicted octanol–water partition coefficient (Wildman–Crippen LogP) is 5.71. The van der Waals surface area contributed by atoms with Gasteiger partial charge in [0.25, 0.3) is 0 Å². The monoisotopic (exact) mass is 423 g/mol. The molecule has 0 atom stereocenters. The van der Waals surface area contributed by atoms with Gasteiger partial charge in [0.15, 0.2) is 4.80 Å². The van der Waals surface area contributed by atoms with Gasteiger partial charge in [0.05, 0.1) is 12.7 Å². The van der Waals surface area contributed by atoms with E-state index in [0.29, 0.717) is 22.2 Å². The summed E-state index contributed by atoms with van der Waals surface area (Å²) in [5.41, 5.74) is 1.49. The lowest BCUT2D eigenvalue weighted by Gasteiger charge is -2.16. The lowest BCUT2D eigenvalue weighted by Crippen LogP contribution is -2.21. The molecule has 0 fully saturated rings. The summed E-state index contributed by atoms with van der Waals surface area (Å²) in [5.74, 6) is 1.09. The number of amidine groups is 1. The van der Waals surface area contributed by atoms with Crippen LogP contribution in [-0.4, -0.2) is 23.1 Å². The Labute approximate surface area is 176 Å². The van der Waals surface area contributed by atoms with Gasteiger partial charge in [0.2, 0.25) is 5.84 Å². The van der Waals surface area contributed by atoms with Crippen molar-refractivity contribution in [3.8, 4) is 5.75 Å². The van der Waals surface area contributed by atoms with Crippen LogP contribution in [0.4, 0.5) is 0 Å². The Hall–Kier alpha value is -1.79. The molecule has 1 heterocycles. The first kappa shape index (κ1) is 22.5. The van der Waals surface area contributed by atoms with Crippen LogP contribution in [0.2, 0.25) is 5.02 Å². The molecule has 0 aliphatic heterocycles. The lowest BCUT2D eigenvalue weighted by atomic mass is 10.2. The Morgan fingerprint density at radius 2 is 1.96 bits per heavy atom. The van der Waals surface area contributed by atoms with Crippen LogP contribution in [0.3, 0.4) is 0 Å². The highest BCUT2D eigenvalue weighted by Crippen LogP contribution is 2.24. The molecule has 0 aliphatic rings. The quantitative estimate of drug-likeness (QED) is 0.339. The van der Waals surface area contributed by atoms with Crippen molar-refractivity contribution >= 4 is 28.8 Å². The van der Waals surface area contributed by atoms with E-state index >= 15 is 0 Å². The largest absolute Gasteiger partial charge is 0.496 e. The molecule has 1 aromatic heterocycles. The zero-order chi connectivity index (χ0) is 20.9. The molecule has 0 N–H and O–H groups in total. The van der Waals surface area contributed by atoms with E-state index in [4.69, 9.17) is 26.2 Å². The van der Waals surface area contributed by atoms with Gasteiger partial charge in [-0.2, -0.15) is 4.99 Å². The van der Waals surface area contributed by atoms with Gasteiger partial charge in [-0.1, -0.05) is 30.1 Å². The SMILES string of the molecule is CCCCn1c(C)c(C)s/c1=N\C(=NOC(C)(C)C)c1cc(Cl)ccc1OC. The fraction of sp³-hybridized carbons (Fsp3) is 0.524. The highest BCUT2D eigenvalue weighted by atomic mass is 35.5. The summed E-state index contributed by atoms with van der Waals surface area (Å²) in [6.07, 6.45) is 2.21. The van der Waals surface area contributed by atoms with E-state index in [1.165, 1.54) is 10.6 Å². The average Bonchev–Trinajstić information content (AvgIpc) is 2.89. The van der Waals surface area contributed by atoms with Crippen LogP contribution in [0.15, 0.2) is 28.3 Å². The van der Waals surface area contributed by atoms with Crippen molar-refractivity contribution in [2.45, 2.75) is 66.5 Å². The van der Waals surface area contributed by atoms with Gasteiger partial charge in [-0.05, 0) is 59.2 Å². The Morgan fingerprint density at radius 3 is 2.57 bits per heavy atom. The molecule has 0 radical (unpaired) electrons. The van der Waals surface area contributed by atoms with E-state index < -0.39 is 5.60 Å². The van der Waals surface area contributed by atoms with Crippen molar-refractivity contribution in [1.82, 2.24) is 4.57 Å². The van der Waals surface area contributed by atoms with Crippen LogP contribution < -0.4 is 9.54 Å². The zero-order valence-electron chi connectivity index (χ0n) is 17.8. The maximum absolute atomic E-state index is 6.24. The Bertz CT molecular complexity index is 907. The molecule has 0 saturated heterocycles. The number of nitrogens with zero attached hydrogens (tertiary/aromatic N) is 3. The van der Waals surface area contributed by atoms with E-state index in [1.54, 1.807) is 30.6 Å². The second-order valence-corrected chi connectivity index (χ2v) is 9.22. The summed E-state index contributed by atoms with van der Waals surface area (Å²) in [6.45, 7) is 13.2. The smallest absolute Gasteiger partial charge is 0.205 e. The van der Waals surface area contributed by atoms with Gasteiger partial charge in [0, 0.05) is 22.1 Å². The fourth-order valence-electron chi connectivity index (χ4n) is 2.52. The van der Waals surface area contributed by atoms with Crippen LogP contribution in [0.1, 0.15) is 56.7 Å². The lowest BCUT2D eigenvalue weighted by molar-refractivity contribution is 0.000798. The highest BCUT2D eigenvalue weighted by Gasteiger charge is 2.16. The minimum atomic E-state index is -0.438. The van der Waals surface area contributed by atoms with Crippen molar-refractivity contribution < 1.29 is 9.57 Å². The van der Waals surface area contributed by atoms with Crippen LogP contribution in [0, 0.1) is 13.8 Å². The number of methoxy groups -OCH3 is 1.